The van der Waals surface area contributed by atoms with Crippen LogP contribution in [0.2, 0.25) is 0 Å². The van der Waals surface area contributed by atoms with Crippen LogP contribution < -0.4 is 5.73 Å². The highest BCUT2D eigenvalue weighted by Crippen LogP contribution is 2.39. The van der Waals surface area contributed by atoms with Crippen LogP contribution in [0.25, 0.3) is 32.5 Å². The van der Waals surface area contributed by atoms with Gasteiger partial charge in [0, 0.05) is 17.2 Å². The first kappa shape index (κ1) is 16.4. The number of amides is 1. The van der Waals surface area contributed by atoms with E-state index in [9.17, 15) is 13.6 Å². The maximum absolute atomic E-state index is 14.3. The Hall–Kier alpha value is -3.12. The molecule has 1 heterocycles. The molecule has 0 saturated carbocycles. The topological polar surface area (TPSA) is 56.0 Å². The number of nitrogens with zero attached hydrogens (tertiary/aromatic N) is 1. The number of fused-ring (bicyclic) bond motifs is 1. The second-order valence-electron chi connectivity index (χ2n) is 5.75. The molecule has 1 aromatic heterocycles. The van der Waals surface area contributed by atoms with Crippen molar-refractivity contribution in [2.45, 2.75) is 0 Å². The molecule has 128 valence electrons. The summed E-state index contributed by atoms with van der Waals surface area (Å²) in [5, 5.41) is 2.12. The van der Waals surface area contributed by atoms with Gasteiger partial charge >= 0.3 is 0 Å². The van der Waals surface area contributed by atoms with Gasteiger partial charge in [0.1, 0.15) is 11.6 Å². The molecule has 3 aromatic carbocycles. The molecule has 4 aromatic rings. The number of carbonyl (C=O) groups excluding carboxylic acids is 1. The van der Waals surface area contributed by atoms with E-state index in [1.807, 2.05) is 42.5 Å². The number of hydrogen-bond donors (Lipinski definition) is 1. The van der Waals surface area contributed by atoms with Crippen molar-refractivity contribution in [2.75, 3.05) is 0 Å². The molecule has 3 nitrogen and oxygen atoms in total. The first-order valence-electron chi connectivity index (χ1n) is 7.78. The fraction of sp³-hybridized carbons (Fsp3) is 0. The van der Waals surface area contributed by atoms with Crippen LogP contribution in [0.3, 0.4) is 0 Å². The summed E-state index contributed by atoms with van der Waals surface area (Å²) in [6.45, 7) is 0. The number of nitrogens with two attached hydrogens (primary N) is 1. The minimum atomic E-state index is -0.716. The van der Waals surface area contributed by atoms with Gasteiger partial charge in [-0.2, -0.15) is 0 Å². The molecule has 0 fully saturated rings. The molecule has 6 heteroatoms. The van der Waals surface area contributed by atoms with Crippen LogP contribution in [0.1, 0.15) is 9.80 Å². The van der Waals surface area contributed by atoms with Gasteiger partial charge in [-0.15, -0.1) is 11.3 Å². The molecular weight excluding hydrogens is 354 g/mol. The normalized spacial score (nSPS) is 11.0. The van der Waals surface area contributed by atoms with E-state index in [0.717, 1.165) is 33.7 Å². The van der Waals surface area contributed by atoms with Crippen molar-refractivity contribution in [3.05, 3.63) is 77.3 Å². The Morgan fingerprint density at radius 3 is 2.46 bits per heavy atom. The Labute approximate surface area is 151 Å². The third kappa shape index (κ3) is 2.84. The second kappa shape index (κ2) is 6.31. The zero-order chi connectivity index (χ0) is 18.3. The van der Waals surface area contributed by atoms with Gasteiger partial charge in [-0.3, -0.25) is 4.79 Å². The van der Waals surface area contributed by atoms with E-state index in [-0.39, 0.29) is 10.6 Å². The molecule has 0 aliphatic heterocycles. The van der Waals surface area contributed by atoms with Crippen LogP contribution in [0.4, 0.5) is 8.78 Å². The van der Waals surface area contributed by atoms with Crippen molar-refractivity contribution >= 4 is 28.0 Å². The van der Waals surface area contributed by atoms with Gasteiger partial charge in [-0.1, -0.05) is 36.4 Å². The minimum absolute atomic E-state index is 0.0758. The second-order valence-corrected chi connectivity index (χ2v) is 6.75. The van der Waals surface area contributed by atoms with E-state index in [4.69, 9.17) is 5.73 Å². The summed E-state index contributed by atoms with van der Waals surface area (Å²) in [4.78, 5) is 16.3. The highest BCUT2D eigenvalue weighted by atomic mass is 32.1. The number of rotatable bonds is 3. The molecule has 0 atom stereocenters. The van der Waals surface area contributed by atoms with Crippen LogP contribution in [0.15, 0.2) is 60.7 Å². The van der Waals surface area contributed by atoms with E-state index in [1.165, 1.54) is 12.1 Å². The van der Waals surface area contributed by atoms with Crippen LogP contribution >= 0.6 is 11.3 Å². The lowest BCUT2D eigenvalue weighted by molar-refractivity contribution is 0.1000. The molecule has 4 rings (SSSR count). The lowest BCUT2D eigenvalue weighted by Crippen LogP contribution is -2.10. The largest absolute Gasteiger partial charge is 0.364 e. The van der Waals surface area contributed by atoms with Crippen LogP contribution in [0.5, 0.6) is 0 Å². The highest BCUT2D eigenvalue weighted by Gasteiger charge is 2.20. The van der Waals surface area contributed by atoms with E-state index < -0.39 is 17.5 Å². The number of hydrogen-bond acceptors (Lipinski definition) is 3. The predicted octanol–water partition coefficient (Wildman–Crippen LogP) is 5.01. The van der Waals surface area contributed by atoms with Crippen LogP contribution in [0, 0.1) is 11.6 Å². The summed E-state index contributed by atoms with van der Waals surface area (Å²) in [6, 6.07) is 16.8. The van der Waals surface area contributed by atoms with Crippen molar-refractivity contribution in [1.82, 2.24) is 4.98 Å². The number of thiazole rings is 1. The lowest BCUT2D eigenvalue weighted by Gasteiger charge is -2.06. The maximum Gasteiger partial charge on any atom is 0.277 e. The number of primary amides is 1. The molecule has 0 saturated heterocycles. The summed E-state index contributed by atoms with van der Waals surface area (Å²) >= 11 is 0.993. The fourth-order valence-electron chi connectivity index (χ4n) is 2.81. The Morgan fingerprint density at radius 1 is 0.962 bits per heavy atom. The number of benzene rings is 3. The average Bonchev–Trinajstić information content (AvgIpc) is 3.06. The maximum atomic E-state index is 14.3. The van der Waals surface area contributed by atoms with E-state index in [1.54, 1.807) is 0 Å². The van der Waals surface area contributed by atoms with Crippen LogP contribution in [-0.2, 0) is 0 Å². The summed E-state index contributed by atoms with van der Waals surface area (Å²) in [5.74, 6) is -2.07. The Balaban J connectivity index is 1.95. The molecule has 0 radical (unpaired) electrons. The van der Waals surface area contributed by atoms with E-state index in [2.05, 4.69) is 4.98 Å². The minimum Gasteiger partial charge on any atom is -0.364 e. The first-order chi connectivity index (χ1) is 12.5. The van der Waals surface area contributed by atoms with Gasteiger partial charge in [-0.05, 0) is 29.0 Å². The molecule has 0 aliphatic carbocycles. The molecular formula is C20H12F2N2OS. The molecule has 1 amide bonds. The summed E-state index contributed by atoms with van der Waals surface area (Å²) in [7, 11) is 0. The summed E-state index contributed by atoms with van der Waals surface area (Å²) in [5.41, 5.74) is 6.71. The van der Waals surface area contributed by atoms with Gasteiger partial charge in [-0.25, -0.2) is 13.8 Å². The quantitative estimate of drug-likeness (QED) is 0.554. The van der Waals surface area contributed by atoms with Gasteiger partial charge in [0.2, 0.25) is 0 Å². The number of carbonyl (C=O) groups is 1. The van der Waals surface area contributed by atoms with Crippen molar-refractivity contribution in [2.24, 2.45) is 5.73 Å². The predicted molar refractivity (Wildman–Crippen MR) is 98.9 cm³/mol. The SMILES string of the molecule is NC(=O)c1nc(-c2ccc3ccccc3c2)c(-c2ccc(F)cc2F)s1. The van der Waals surface area contributed by atoms with Crippen LogP contribution in [-0.4, -0.2) is 10.9 Å². The standard InChI is InChI=1S/C20H12F2N2OS/c21-14-7-8-15(16(22)10-14)18-17(24-20(26-18)19(23)25)13-6-5-11-3-1-2-4-12(11)9-13/h1-10H,(H2,23,25). The molecule has 0 bridgehead atoms. The van der Waals surface area contributed by atoms with Crippen molar-refractivity contribution in [3.8, 4) is 21.7 Å². The first-order valence-corrected chi connectivity index (χ1v) is 8.60. The van der Waals surface area contributed by atoms with E-state index in [0.29, 0.717) is 10.6 Å². The third-order valence-electron chi connectivity index (χ3n) is 4.04. The Bertz CT molecular complexity index is 1150. The molecule has 0 aliphatic rings. The van der Waals surface area contributed by atoms with Gasteiger partial charge < -0.3 is 5.73 Å². The van der Waals surface area contributed by atoms with Gasteiger partial charge in [0.05, 0.1) is 10.6 Å². The summed E-state index contributed by atoms with van der Waals surface area (Å²) < 4.78 is 27.6. The fourth-order valence-corrected chi connectivity index (χ4v) is 3.78. The molecule has 2 N–H and O–H groups in total. The average molecular weight is 366 g/mol. The molecule has 0 spiro atoms. The summed E-state index contributed by atoms with van der Waals surface area (Å²) in [6.07, 6.45) is 0. The Kier molecular flexibility index (Phi) is 3.97. The van der Waals surface area contributed by atoms with Gasteiger partial charge in [0.25, 0.3) is 5.91 Å². The van der Waals surface area contributed by atoms with Gasteiger partial charge in [0.15, 0.2) is 5.01 Å². The zero-order valence-electron chi connectivity index (χ0n) is 13.4. The molecule has 0 unspecified atom stereocenters. The van der Waals surface area contributed by atoms with Crippen molar-refractivity contribution in [3.63, 3.8) is 0 Å². The third-order valence-corrected chi connectivity index (χ3v) is 5.14. The number of aromatic nitrogens is 1. The lowest BCUT2D eigenvalue weighted by atomic mass is 10.0. The molecule has 26 heavy (non-hydrogen) atoms. The van der Waals surface area contributed by atoms with Crippen molar-refractivity contribution in [1.29, 1.82) is 0 Å². The smallest absolute Gasteiger partial charge is 0.277 e. The van der Waals surface area contributed by atoms with E-state index >= 15 is 0 Å². The highest BCUT2D eigenvalue weighted by molar-refractivity contribution is 7.17. The number of halogens is 2. The monoisotopic (exact) mass is 366 g/mol. The Morgan fingerprint density at radius 2 is 1.73 bits per heavy atom. The zero-order valence-corrected chi connectivity index (χ0v) is 14.2. The van der Waals surface area contributed by atoms with Crippen molar-refractivity contribution < 1.29 is 13.6 Å².